The molecule has 23 heavy (non-hydrogen) atoms. The summed E-state index contributed by atoms with van der Waals surface area (Å²) in [5.41, 5.74) is 0.647. The number of aryl methyl sites for hydroxylation is 1. The second kappa shape index (κ2) is 6.05. The van der Waals surface area contributed by atoms with Gasteiger partial charge in [-0.2, -0.15) is 0 Å². The normalized spacial score (nSPS) is 21.0. The first kappa shape index (κ1) is 15.6. The Kier molecular flexibility index (Phi) is 4.09. The van der Waals surface area contributed by atoms with E-state index in [0.717, 1.165) is 5.52 Å². The predicted octanol–water partition coefficient (Wildman–Crippen LogP) is 3.08. The van der Waals surface area contributed by atoms with E-state index in [0.29, 0.717) is 31.5 Å². The minimum absolute atomic E-state index is 0.121. The monoisotopic (exact) mass is 310 g/mol. The van der Waals surface area contributed by atoms with Gasteiger partial charge in [0.25, 0.3) is 0 Å². The first-order chi connectivity index (χ1) is 11.1. The number of nitrogens with zero attached hydrogens (tertiary/aromatic N) is 2. The summed E-state index contributed by atoms with van der Waals surface area (Å²) in [6.45, 7) is 6.64. The number of hydrogen-bond donors (Lipinski definition) is 1. The van der Waals surface area contributed by atoms with Crippen LogP contribution < -0.4 is 0 Å². The minimum atomic E-state index is -1.20. The summed E-state index contributed by atoms with van der Waals surface area (Å²) in [5, 5.41) is 12.3. The third-order valence-corrected chi connectivity index (χ3v) is 4.62. The molecule has 1 unspecified atom stereocenters. The summed E-state index contributed by atoms with van der Waals surface area (Å²) in [6.07, 6.45) is 6.47. The van der Waals surface area contributed by atoms with Crippen LogP contribution in [0.25, 0.3) is 10.9 Å². The average molecular weight is 310 g/mol. The van der Waals surface area contributed by atoms with Gasteiger partial charge in [0.05, 0.1) is 0 Å². The van der Waals surface area contributed by atoms with Crippen LogP contribution in [0, 0.1) is 0 Å². The number of hydrogen-bond acceptors (Lipinski definition) is 2. The van der Waals surface area contributed by atoms with Crippen molar-refractivity contribution < 1.29 is 9.90 Å². The SMILES string of the molecule is C=CCCN1C(=O)C=C(C)C1(O)CCn1ccc2ccccc21. The van der Waals surface area contributed by atoms with Crippen molar-refractivity contribution in [3.8, 4) is 0 Å². The number of aliphatic hydroxyl groups is 1. The van der Waals surface area contributed by atoms with Gasteiger partial charge in [0, 0.05) is 37.3 Å². The molecule has 1 N–H and O–H groups in total. The van der Waals surface area contributed by atoms with Gasteiger partial charge in [0.1, 0.15) is 0 Å². The van der Waals surface area contributed by atoms with E-state index < -0.39 is 5.72 Å². The van der Waals surface area contributed by atoms with E-state index >= 15 is 0 Å². The number of amides is 1. The molecule has 2 heterocycles. The topological polar surface area (TPSA) is 45.5 Å². The number of para-hydroxylation sites is 1. The minimum Gasteiger partial charge on any atom is -0.367 e. The lowest BCUT2D eigenvalue weighted by atomic mass is 10.0. The molecule has 1 aromatic heterocycles. The van der Waals surface area contributed by atoms with Crippen LogP contribution in [0.5, 0.6) is 0 Å². The molecule has 0 saturated carbocycles. The highest BCUT2D eigenvalue weighted by atomic mass is 16.3. The van der Waals surface area contributed by atoms with Gasteiger partial charge in [0.15, 0.2) is 5.72 Å². The predicted molar refractivity (Wildman–Crippen MR) is 91.8 cm³/mol. The molecule has 0 bridgehead atoms. The maximum absolute atomic E-state index is 12.1. The zero-order chi connectivity index (χ0) is 16.4. The fourth-order valence-electron chi connectivity index (χ4n) is 3.23. The second-order valence-corrected chi connectivity index (χ2v) is 6.03. The molecular weight excluding hydrogens is 288 g/mol. The maximum Gasteiger partial charge on any atom is 0.249 e. The highest BCUT2D eigenvalue weighted by Crippen LogP contribution is 2.33. The maximum atomic E-state index is 12.1. The van der Waals surface area contributed by atoms with Gasteiger partial charge in [0.2, 0.25) is 5.91 Å². The Bertz CT molecular complexity index is 775. The molecule has 0 saturated heterocycles. The molecule has 2 aromatic rings. The Labute approximate surface area is 136 Å². The lowest BCUT2D eigenvalue weighted by molar-refractivity contribution is -0.143. The molecule has 1 atom stereocenters. The Hall–Kier alpha value is -2.33. The van der Waals surface area contributed by atoms with Gasteiger partial charge < -0.3 is 14.6 Å². The third-order valence-electron chi connectivity index (χ3n) is 4.62. The number of fused-ring (bicyclic) bond motifs is 1. The molecule has 1 amide bonds. The van der Waals surface area contributed by atoms with Gasteiger partial charge in [-0.3, -0.25) is 4.79 Å². The Balaban J connectivity index is 1.80. The highest BCUT2D eigenvalue weighted by molar-refractivity contribution is 5.92. The van der Waals surface area contributed by atoms with Crippen LogP contribution in [0.4, 0.5) is 0 Å². The Morgan fingerprint density at radius 3 is 2.83 bits per heavy atom. The summed E-state index contributed by atoms with van der Waals surface area (Å²) >= 11 is 0. The van der Waals surface area contributed by atoms with Crippen molar-refractivity contribution in [2.45, 2.75) is 32.0 Å². The van der Waals surface area contributed by atoms with Gasteiger partial charge in [-0.25, -0.2) is 0 Å². The van der Waals surface area contributed by atoms with Gasteiger partial charge in [-0.15, -0.1) is 6.58 Å². The van der Waals surface area contributed by atoms with E-state index in [-0.39, 0.29) is 5.91 Å². The molecule has 0 fully saturated rings. The van der Waals surface area contributed by atoms with Crippen LogP contribution in [0.3, 0.4) is 0 Å². The van der Waals surface area contributed by atoms with Crippen LogP contribution in [0.1, 0.15) is 19.8 Å². The van der Waals surface area contributed by atoms with E-state index in [2.05, 4.69) is 29.3 Å². The average Bonchev–Trinajstić information content (AvgIpc) is 3.04. The van der Waals surface area contributed by atoms with Gasteiger partial charge >= 0.3 is 0 Å². The Morgan fingerprint density at radius 2 is 2.04 bits per heavy atom. The van der Waals surface area contributed by atoms with Crippen molar-refractivity contribution in [2.24, 2.45) is 0 Å². The van der Waals surface area contributed by atoms with Crippen molar-refractivity contribution in [1.29, 1.82) is 0 Å². The van der Waals surface area contributed by atoms with E-state index in [1.54, 1.807) is 11.0 Å². The number of carbonyl (C=O) groups excluding carboxylic acids is 1. The summed E-state index contributed by atoms with van der Waals surface area (Å²) < 4.78 is 2.12. The summed E-state index contributed by atoms with van der Waals surface area (Å²) in [4.78, 5) is 13.7. The lowest BCUT2D eigenvalue weighted by Gasteiger charge is -2.35. The second-order valence-electron chi connectivity index (χ2n) is 6.03. The van der Waals surface area contributed by atoms with Crippen LogP contribution >= 0.6 is 0 Å². The van der Waals surface area contributed by atoms with Crippen molar-refractivity contribution in [3.63, 3.8) is 0 Å². The van der Waals surface area contributed by atoms with Crippen molar-refractivity contribution in [2.75, 3.05) is 6.54 Å². The summed E-state index contributed by atoms with van der Waals surface area (Å²) in [6, 6.07) is 10.2. The van der Waals surface area contributed by atoms with Crippen LogP contribution in [-0.4, -0.2) is 32.8 Å². The number of aromatic nitrogens is 1. The number of rotatable bonds is 6. The fraction of sp³-hybridized carbons (Fsp3) is 0.316. The molecule has 0 spiro atoms. The van der Waals surface area contributed by atoms with E-state index in [4.69, 9.17) is 0 Å². The van der Waals surface area contributed by atoms with E-state index in [1.807, 2.05) is 25.3 Å². The fourth-order valence-corrected chi connectivity index (χ4v) is 3.23. The first-order valence-electron chi connectivity index (χ1n) is 7.94. The van der Waals surface area contributed by atoms with E-state index in [1.165, 1.54) is 11.5 Å². The van der Waals surface area contributed by atoms with Crippen molar-refractivity contribution in [3.05, 3.63) is 60.8 Å². The van der Waals surface area contributed by atoms with E-state index in [9.17, 15) is 9.90 Å². The quantitative estimate of drug-likeness (QED) is 0.833. The van der Waals surface area contributed by atoms with Gasteiger partial charge in [-0.05, 0) is 36.4 Å². The molecule has 120 valence electrons. The van der Waals surface area contributed by atoms with Crippen molar-refractivity contribution >= 4 is 16.8 Å². The molecule has 3 rings (SSSR count). The summed E-state index contributed by atoms with van der Waals surface area (Å²) in [7, 11) is 0. The molecule has 1 aliphatic rings. The number of carbonyl (C=O) groups is 1. The highest BCUT2D eigenvalue weighted by Gasteiger charge is 2.43. The van der Waals surface area contributed by atoms with Gasteiger partial charge in [-0.1, -0.05) is 24.3 Å². The van der Waals surface area contributed by atoms with Crippen LogP contribution in [0.2, 0.25) is 0 Å². The zero-order valence-electron chi connectivity index (χ0n) is 13.4. The molecular formula is C19H22N2O2. The largest absolute Gasteiger partial charge is 0.367 e. The first-order valence-corrected chi connectivity index (χ1v) is 7.94. The van der Waals surface area contributed by atoms with Crippen LogP contribution in [0.15, 0.2) is 60.8 Å². The Morgan fingerprint density at radius 1 is 1.26 bits per heavy atom. The molecule has 4 heteroatoms. The molecule has 4 nitrogen and oxygen atoms in total. The summed E-state index contributed by atoms with van der Waals surface area (Å²) in [5.74, 6) is -0.121. The van der Waals surface area contributed by atoms with Crippen LogP contribution in [-0.2, 0) is 11.3 Å². The molecule has 1 aromatic carbocycles. The third kappa shape index (κ3) is 2.70. The molecule has 1 aliphatic heterocycles. The molecule has 0 radical (unpaired) electrons. The smallest absolute Gasteiger partial charge is 0.249 e. The standard InChI is InChI=1S/C19H22N2O2/c1-3-4-11-21-18(22)14-15(2)19(21,23)10-13-20-12-9-16-7-5-6-8-17(16)20/h3,5-9,12,14,23H,1,4,10-11,13H2,2H3. The number of benzene rings is 1. The molecule has 0 aliphatic carbocycles. The zero-order valence-corrected chi connectivity index (χ0v) is 13.4. The lowest BCUT2D eigenvalue weighted by Crippen LogP contribution is -2.49. The van der Waals surface area contributed by atoms with Crippen molar-refractivity contribution in [1.82, 2.24) is 9.47 Å².